The number of nitrogens with one attached hydrogen (secondary N) is 1. The fourth-order valence-corrected chi connectivity index (χ4v) is 3.80. The molecule has 31 heavy (non-hydrogen) atoms. The predicted octanol–water partition coefficient (Wildman–Crippen LogP) is 2.14. The first-order valence-corrected chi connectivity index (χ1v) is 10.5. The van der Waals surface area contributed by atoms with Crippen molar-refractivity contribution in [2.75, 3.05) is 46.3 Å². The van der Waals surface area contributed by atoms with Gasteiger partial charge in [0.15, 0.2) is 0 Å². The highest BCUT2D eigenvalue weighted by Crippen LogP contribution is 2.28. The Kier molecular flexibility index (Phi) is 7.56. The molecule has 0 atom stereocenters. The van der Waals surface area contributed by atoms with Crippen molar-refractivity contribution in [1.82, 2.24) is 19.2 Å². The highest BCUT2D eigenvalue weighted by atomic mass is 16.5. The maximum atomic E-state index is 12.8. The lowest BCUT2D eigenvalue weighted by atomic mass is 9.96. The fourth-order valence-electron chi connectivity index (χ4n) is 3.80. The number of rotatable bonds is 8. The SMILES string of the molecule is CCn1c(C2CCN(C(=O)Nc3cc(OC)cc(OC)c3)CC2)nn(CCOC)c1=O. The number of piperidine rings is 1. The molecular weight excluding hydrogens is 402 g/mol. The Labute approximate surface area is 181 Å². The Morgan fingerprint density at radius 1 is 1.13 bits per heavy atom. The van der Waals surface area contributed by atoms with Gasteiger partial charge in [0.05, 0.1) is 27.4 Å². The Morgan fingerprint density at radius 2 is 1.77 bits per heavy atom. The van der Waals surface area contributed by atoms with Crippen molar-refractivity contribution in [3.05, 3.63) is 34.5 Å². The quantitative estimate of drug-likeness (QED) is 0.685. The van der Waals surface area contributed by atoms with E-state index in [1.165, 1.54) is 4.68 Å². The van der Waals surface area contributed by atoms with E-state index in [-0.39, 0.29) is 17.6 Å². The molecular formula is C21H31N5O5. The van der Waals surface area contributed by atoms with Crippen LogP contribution < -0.4 is 20.5 Å². The number of carbonyl (C=O) groups is 1. The number of carbonyl (C=O) groups excluding carboxylic acids is 1. The third-order valence-corrected chi connectivity index (χ3v) is 5.52. The Morgan fingerprint density at radius 3 is 2.32 bits per heavy atom. The molecule has 1 aromatic carbocycles. The van der Waals surface area contributed by atoms with Gasteiger partial charge < -0.3 is 24.4 Å². The summed E-state index contributed by atoms with van der Waals surface area (Å²) in [6, 6.07) is 5.08. The molecule has 10 heteroatoms. The Balaban J connectivity index is 1.64. The second-order valence-electron chi connectivity index (χ2n) is 7.39. The average Bonchev–Trinajstić information content (AvgIpc) is 3.12. The predicted molar refractivity (Wildman–Crippen MR) is 116 cm³/mol. The highest BCUT2D eigenvalue weighted by Gasteiger charge is 2.28. The molecule has 0 spiro atoms. The Hall–Kier alpha value is -3.01. The second kappa shape index (κ2) is 10.3. The summed E-state index contributed by atoms with van der Waals surface area (Å²) in [5.41, 5.74) is 0.502. The topological polar surface area (TPSA) is 99.9 Å². The van der Waals surface area contributed by atoms with Gasteiger partial charge in [-0.1, -0.05) is 0 Å². The van der Waals surface area contributed by atoms with Gasteiger partial charge in [-0.15, -0.1) is 0 Å². The first-order chi connectivity index (χ1) is 15.0. The molecule has 2 amide bonds. The Bertz CT molecular complexity index is 924. The van der Waals surface area contributed by atoms with Crippen molar-refractivity contribution >= 4 is 11.7 Å². The number of likely N-dealkylation sites (tertiary alicyclic amines) is 1. The minimum absolute atomic E-state index is 0.110. The summed E-state index contributed by atoms with van der Waals surface area (Å²) in [5, 5.41) is 7.47. The average molecular weight is 434 g/mol. The van der Waals surface area contributed by atoms with E-state index in [1.54, 1.807) is 49.0 Å². The van der Waals surface area contributed by atoms with Crippen LogP contribution in [0.3, 0.4) is 0 Å². The number of hydrogen-bond acceptors (Lipinski definition) is 6. The molecule has 0 saturated carbocycles. The van der Waals surface area contributed by atoms with Gasteiger partial charge in [-0.25, -0.2) is 14.3 Å². The van der Waals surface area contributed by atoms with Crippen LogP contribution in [0.4, 0.5) is 10.5 Å². The summed E-state index contributed by atoms with van der Waals surface area (Å²) in [4.78, 5) is 27.1. The van der Waals surface area contributed by atoms with Gasteiger partial charge in [0.1, 0.15) is 17.3 Å². The van der Waals surface area contributed by atoms with Crippen LogP contribution in [0.1, 0.15) is 31.5 Å². The summed E-state index contributed by atoms with van der Waals surface area (Å²) < 4.78 is 18.8. The lowest BCUT2D eigenvalue weighted by molar-refractivity contribution is 0.181. The molecule has 0 bridgehead atoms. The monoisotopic (exact) mass is 433 g/mol. The van der Waals surface area contributed by atoms with Crippen LogP contribution in [-0.2, 0) is 17.8 Å². The van der Waals surface area contributed by atoms with Crippen LogP contribution >= 0.6 is 0 Å². The number of benzene rings is 1. The lowest BCUT2D eigenvalue weighted by Gasteiger charge is -2.31. The number of nitrogens with zero attached hydrogens (tertiary/aromatic N) is 4. The van der Waals surface area contributed by atoms with Crippen molar-refractivity contribution < 1.29 is 19.0 Å². The van der Waals surface area contributed by atoms with Crippen LogP contribution in [0.25, 0.3) is 0 Å². The van der Waals surface area contributed by atoms with Gasteiger partial charge in [-0.3, -0.25) is 4.57 Å². The summed E-state index contributed by atoms with van der Waals surface area (Å²) in [6.45, 7) is 4.55. The van der Waals surface area contributed by atoms with Crippen molar-refractivity contribution in [2.24, 2.45) is 0 Å². The third kappa shape index (κ3) is 5.19. The van der Waals surface area contributed by atoms with Gasteiger partial charge in [-0.05, 0) is 19.8 Å². The van der Waals surface area contributed by atoms with Crippen LogP contribution in [0, 0.1) is 0 Å². The largest absolute Gasteiger partial charge is 0.497 e. The number of ether oxygens (including phenoxy) is 3. The van der Waals surface area contributed by atoms with E-state index in [2.05, 4.69) is 10.4 Å². The van der Waals surface area contributed by atoms with Gasteiger partial charge in [0.2, 0.25) is 0 Å². The minimum atomic E-state index is -0.174. The molecule has 1 aromatic heterocycles. The first kappa shape index (κ1) is 22.7. The summed E-state index contributed by atoms with van der Waals surface area (Å²) in [7, 11) is 4.74. The number of aromatic nitrogens is 3. The van der Waals surface area contributed by atoms with E-state index in [1.807, 2.05) is 6.92 Å². The van der Waals surface area contributed by atoms with Crippen molar-refractivity contribution in [2.45, 2.75) is 38.8 Å². The molecule has 2 aromatic rings. The molecule has 0 radical (unpaired) electrons. The van der Waals surface area contributed by atoms with E-state index >= 15 is 0 Å². The van der Waals surface area contributed by atoms with Crippen molar-refractivity contribution in [3.8, 4) is 11.5 Å². The molecule has 1 aliphatic rings. The molecule has 1 saturated heterocycles. The van der Waals surface area contributed by atoms with E-state index in [4.69, 9.17) is 14.2 Å². The summed E-state index contributed by atoms with van der Waals surface area (Å²) in [6.07, 6.45) is 1.49. The molecule has 0 unspecified atom stereocenters. The van der Waals surface area contributed by atoms with Crippen molar-refractivity contribution in [1.29, 1.82) is 0 Å². The standard InChI is InChI=1S/C21H31N5O5/c1-5-25-19(23-26(21(25)28)10-11-29-2)15-6-8-24(9-7-15)20(27)22-16-12-17(30-3)14-18(13-16)31-4/h12-15H,5-11H2,1-4H3,(H,22,27). The zero-order valence-corrected chi connectivity index (χ0v) is 18.6. The van der Waals surface area contributed by atoms with Crippen LogP contribution in [-0.4, -0.2) is 66.3 Å². The second-order valence-corrected chi connectivity index (χ2v) is 7.39. The zero-order chi connectivity index (χ0) is 22.4. The van der Waals surface area contributed by atoms with E-state index < -0.39 is 0 Å². The van der Waals surface area contributed by atoms with Crippen molar-refractivity contribution in [3.63, 3.8) is 0 Å². The fraction of sp³-hybridized carbons (Fsp3) is 0.571. The number of methoxy groups -OCH3 is 3. The van der Waals surface area contributed by atoms with Gasteiger partial charge in [-0.2, -0.15) is 5.10 Å². The molecule has 1 aliphatic heterocycles. The smallest absolute Gasteiger partial charge is 0.345 e. The van der Waals surface area contributed by atoms with Crippen LogP contribution in [0.2, 0.25) is 0 Å². The summed E-state index contributed by atoms with van der Waals surface area (Å²) >= 11 is 0. The van der Waals surface area contributed by atoms with Crippen LogP contribution in [0.5, 0.6) is 11.5 Å². The summed E-state index contributed by atoms with van der Waals surface area (Å²) in [5.74, 6) is 2.14. The number of anilines is 1. The molecule has 0 aliphatic carbocycles. The molecule has 1 fully saturated rings. The number of hydrogen-bond donors (Lipinski definition) is 1. The highest BCUT2D eigenvalue weighted by molar-refractivity contribution is 5.90. The van der Waals surface area contributed by atoms with Gasteiger partial charge in [0.25, 0.3) is 0 Å². The van der Waals surface area contributed by atoms with E-state index in [0.29, 0.717) is 50.0 Å². The van der Waals surface area contributed by atoms with Gasteiger partial charge in [0, 0.05) is 56.5 Å². The van der Waals surface area contributed by atoms with E-state index in [0.717, 1.165) is 18.7 Å². The zero-order valence-electron chi connectivity index (χ0n) is 18.6. The number of amides is 2. The first-order valence-electron chi connectivity index (χ1n) is 10.5. The molecule has 1 N–H and O–H groups in total. The van der Waals surface area contributed by atoms with Crippen LogP contribution in [0.15, 0.2) is 23.0 Å². The maximum absolute atomic E-state index is 12.8. The maximum Gasteiger partial charge on any atom is 0.345 e. The molecule has 170 valence electrons. The molecule has 2 heterocycles. The number of urea groups is 1. The minimum Gasteiger partial charge on any atom is -0.497 e. The molecule has 10 nitrogen and oxygen atoms in total. The van der Waals surface area contributed by atoms with E-state index in [9.17, 15) is 9.59 Å². The molecule has 3 rings (SSSR count). The normalized spacial score (nSPS) is 14.5. The van der Waals surface area contributed by atoms with Gasteiger partial charge >= 0.3 is 11.7 Å². The lowest BCUT2D eigenvalue weighted by Crippen LogP contribution is -2.41. The third-order valence-electron chi connectivity index (χ3n) is 5.52.